The molecule has 0 bridgehead atoms. The summed E-state index contributed by atoms with van der Waals surface area (Å²) in [5.74, 6) is 1.92. The Morgan fingerprint density at radius 3 is 2.55 bits per heavy atom. The van der Waals surface area contributed by atoms with Crippen LogP contribution >= 0.6 is 11.8 Å². The summed E-state index contributed by atoms with van der Waals surface area (Å²) < 4.78 is 0. The molecule has 6 nitrogen and oxygen atoms in total. The van der Waals surface area contributed by atoms with Crippen LogP contribution in [0.25, 0.3) is 11.0 Å². The summed E-state index contributed by atoms with van der Waals surface area (Å²) in [6, 6.07) is 13.4. The van der Waals surface area contributed by atoms with E-state index in [2.05, 4.69) is 64.2 Å². The maximum Gasteiger partial charge on any atom is 0.168 e. The summed E-state index contributed by atoms with van der Waals surface area (Å²) in [6.45, 7) is 6.17. The first-order valence-corrected chi connectivity index (χ1v) is 10.1. The molecule has 7 heteroatoms. The monoisotopic (exact) mass is 403 g/mol. The topological polar surface area (TPSA) is 83.8 Å². The lowest BCUT2D eigenvalue weighted by atomic mass is 10.2. The van der Waals surface area contributed by atoms with Gasteiger partial charge in [-0.3, -0.25) is 0 Å². The molecule has 0 saturated heterocycles. The van der Waals surface area contributed by atoms with Gasteiger partial charge in [-0.05, 0) is 48.9 Å². The largest absolute Gasteiger partial charge is 0.508 e. The van der Waals surface area contributed by atoms with E-state index in [4.69, 9.17) is 0 Å². The van der Waals surface area contributed by atoms with Gasteiger partial charge in [0.2, 0.25) is 0 Å². The fraction of sp³-hybridized carbons (Fsp3) is 0.182. The summed E-state index contributed by atoms with van der Waals surface area (Å²) in [4.78, 5) is 19.8. The summed E-state index contributed by atoms with van der Waals surface area (Å²) >= 11 is 1.61. The fourth-order valence-electron chi connectivity index (χ4n) is 2.84. The zero-order valence-corrected chi connectivity index (χ0v) is 17.2. The van der Waals surface area contributed by atoms with Gasteiger partial charge in [-0.2, -0.15) is 0 Å². The first-order chi connectivity index (χ1) is 14.0. The molecule has 0 unspecified atom stereocenters. The van der Waals surface area contributed by atoms with Gasteiger partial charge in [0.1, 0.15) is 23.7 Å². The lowest BCUT2D eigenvalue weighted by Gasteiger charge is -2.14. The average Bonchev–Trinajstić information content (AvgIpc) is 2.71. The smallest absolute Gasteiger partial charge is 0.168 e. The highest BCUT2D eigenvalue weighted by Gasteiger charge is 2.12. The minimum atomic E-state index is 0.232. The van der Waals surface area contributed by atoms with E-state index < -0.39 is 0 Å². The number of rotatable bonds is 5. The van der Waals surface area contributed by atoms with Crippen LogP contribution in [0.5, 0.6) is 5.75 Å². The summed E-state index contributed by atoms with van der Waals surface area (Å²) in [7, 11) is 0. The molecule has 0 aliphatic rings. The Labute approximate surface area is 173 Å². The Balaban J connectivity index is 1.70. The second-order valence-corrected chi connectivity index (χ2v) is 8.18. The Hall–Kier alpha value is -3.19. The van der Waals surface area contributed by atoms with Crippen LogP contribution in [0.4, 0.5) is 11.5 Å². The predicted octanol–water partition coefficient (Wildman–Crippen LogP) is 5.45. The van der Waals surface area contributed by atoms with Gasteiger partial charge in [-0.1, -0.05) is 31.7 Å². The molecule has 4 aromatic rings. The van der Waals surface area contributed by atoms with Crippen LogP contribution in [0.3, 0.4) is 0 Å². The van der Waals surface area contributed by atoms with Crippen molar-refractivity contribution in [1.29, 1.82) is 0 Å². The Morgan fingerprint density at radius 2 is 1.79 bits per heavy atom. The molecule has 4 rings (SSSR count). The van der Waals surface area contributed by atoms with E-state index in [1.165, 1.54) is 6.33 Å². The van der Waals surface area contributed by atoms with Crippen molar-refractivity contribution in [2.24, 2.45) is 0 Å². The highest BCUT2D eigenvalue weighted by atomic mass is 32.2. The number of fused-ring (bicyclic) bond motifs is 1. The Kier molecular flexibility index (Phi) is 5.31. The van der Waals surface area contributed by atoms with Crippen molar-refractivity contribution in [2.45, 2.75) is 36.5 Å². The van der Waals surface area contributed by atoms with E-state index in [9.17, 15) is 5.11 Å². The molecular formula is C22H21N5OS. The number of phenols is 1. The molecule has 29 heavy (non-hydrogen) atoms. The second kappa shape index (κ2) is 8.05. The predicted molar refractivity (Wildman–Crippen MR) is 116 cm³/mol. The SMILES string of the molecule is Cc1ccc(Sc2ccc(O)cc2)c(Nc2ncnc3nc(C(C)C)ncc23)c1. The third-order valence-corrected chi connectivity index (χ3v) is 5.46. The van der Waals surface area contributed by atoms with Gasteiger partial charge in [0, 0.05) is 21.9 Å². The molecule has 0 saturated carbocycles. The third kappa shape index (κ3) is 4.30. The number of anilines is 2. The molecule has 2 heterocycles. The maximum atomic E-state index is 9.52. The van der Waals surface area contributed by atoms with Crippen molar-refractivity contribution in [1.82, 2.24) is 19.9 Å². The maximum absolute atomic E-state index is 9.52. The van der Waals surface area contributed by atoms with Crippen LogP contribution in [-0.2, 0) is 0 Å². The standard InChI is InChI=1S/C22H21N5OS/c1-13(2)20-23-11-17-21(24-12-25-22(17)27-20)26-18-10-14(3)4-9-19(18)29-16-7-5-15(28)6-8-16/h4-13,28H,1-3H3,(H,23,24,25,26,27). The van der Waals surface area contributed by atoms with Crippen molar-refractivity contribution in [3.8, 4) is 5.75 Å². The first-order valence-electron chi connectivity index (χ1n) is 9.32. The van der Waals surface area contributed by atoms with Crippen LogP contribution in [0.15, 0.2) is 64.8 Å². The lowest BCUT2D eigenvalue weighted by molar-refractivity contribution is 0.475. The zero-order valence-electron chi connectivity index (χ0n) is 16.4. The summed E-state index contributed by atoms with van der Waals surface area (Å²) in [5.41, 5.74) is 2.71. The van der Waals surface area contributed by atoms with Gasteiger partial charge in [0.15, 0.2) is 5.65 Å². The zero-order chi connectivity index (χ0) is 20.4. The van der Waals surface area contributed by atoms with Crippen molar-refractivity contribution in [3.63, 3.8) is 0 Å². The van der Waals surface area contributed by atoms with Crippen molar-refractivity contribution in [3.05, 3.63) is 66.4 Å². The second-order valence-electron chi connectivity index (χ2n) is 7.06. The number of nitrogens with zero attached hydrogens (tertiary/aromatic N) is 4. The summed E-state index contributed by atoms with van der Waals surface area (Å²) in [5, 5.41) is 13.7. The molecular weight excluding hydrogens is 382 g/mol. The molecule has 2 aromatic heterocycles. The number of hydrogen-bond donors (Lipinski definition) is 2. The minimum absolute atomic E-state index is 0.232. The van der Waals surface area contributed by atoms with Crippen molar-refractivity contribution < 1.29 is 5.11 Å². The molecule has 0 aliphatic carbocycles. The number of aromatic hydroxyl groups is 1. The molecule has 0 spiro atoms. The Morgan fingerprint density at radius 1 is 1.00 bits per heavy atom. The van der Waals surface area contributed by atoms with Gasteiger partial charge in [-0.15, -0.1) is 0 Å². The van der Waals surface area contributed by atoms with Gasteiger partial charge in [-0.25, -0.2) is 19.9 Å². The molecule has 146 valence electrons. The van der Waals surface area contributed by atoms with Crippen LogP contribution in [-0.4, -0.2) is 25.0 Å². The molecule has 2 N–H and O–H groups in total. The highest BCUT2D eigenvalue weighted by Crippen LogP contribution is 2.36. The van der Waals surface area contributed by atoms with Gasteiger partial charge in [0.05, 0.1) is 11.1 Å². The van der Waals surface area contributed by atoms with E-state index in [0.29, 0.717) is 11.5 Å². The summed E-state index contributed by atoms with van der Waals surface area (Å²) in [6.07, 6.45) is 3.30. The highest BCUT2D eigenvalue weighted by molar-refractivity contribution is 7.99. The molecule has 2 aromatic carbocycles. The first kappa shape index (κ1) is 19.1. The Bertz CT molecular complexity index is 1160. The van der Waals surface area contributed by atoms with Gasteiger partial charge >= 0.3 is 0 Å². The molecule has 0 atom stereocenters. The minimum Gasteiger partial charge on any atom is -0.508 e. The van der Waals surface area contributed by atoms with E-state index in [-0.39, 0.29) is 11.7 Å². The normalized spacial score (nSPS) is 11.2. The van der Waals surface area contributed by atoms with Crippen LogP contribution in [0, 0.1) is 6.92 Å². The van der Waals surface area contributed by atoms with Crippen LogP contribution in [0.1, 0.15) is 31.2 Å². The number of aryl methyl sites for hydroxylation is 1. The van der Waals surface area contributed by atoms with Crippen LogP contribution < -0.4 is 5.32 Å². The van der Waals surface area contributed by atoms with E-state index in [1.54, 1.807) is 30.1 Å². The molecule has 0 fully saturated rings. The van der Waals surface area contributed by atoms with Gasteiger partial charge < -0.3 is 10.4 Å². The van der Waals surface area contributed by atoms with Crippen molar-refractivity contribution >= 4 is 34.3 Å². The number of phenolic OH excluding ortho intramolecular Hbond substituents is 1. The van der Waals surface area contributed by atoms with Crippen molar-refractivity contribution in [2.75, 3.05) is 5.32 Å². The fourth-order valence-corrected chi connectivity index (χ4v) is 3.72. The van der Waals surface area contributed by atoms with E-state index >= 15 is 0 Å². The molecule has 0 radical (unpaired) electrons. The number of nitrogens with one attached hydrogen (secondary N) is 1. The van der Waals surface area contributed by atoms with Crippen LogP contribution in [0.2, 0.25) is 0 Å². The molecule has 0 amide bonds. The third-order valence-electron chi connectivity index (χ3n) is 4.38. The number of benzene rings is 2. The quantitative estimate of drug-likeness (QED) is 0.458. The average molecular weight is 404 g/mol. The molecule has 0 aliphatic heterocycles. The van der Waals surface area contributed by atoms with E-state index in [0.717, 1.165) is 32.3 Å². The number of hydrogen-bond acceptors (Lipinski definition) is 7. The number of aromatic nitrogens is 4. The van der Waals surface area contributed by atoms with E-state index in [1.807, 2.05) is 12.1 Å². The van der Waals surface area contributed by atoms with Gasteiger partial charge in [0.25, 0.3) is 0 Å². The lowest BCUT2D eigenvalue weighted by Crippen LogP contribution is -2.02.